The maximum absolute atomic E-state index is 10.7. The summed E-state index contributed by atoms with van der Waals surface area (Å²) in [4.78, 5) is 23.8. The Bertz CT molecular complexity index is 1120. The zero-order valence-electron chi connectivity index (χ0n) is 14.9. The minimum Gasteiger partial charge on any atom is -0.477 e. The van der Waals surface area contributed by atoms with E-state index in [2.05, 4.69) is 10.2 Å². The highest BCUT2D eigenvalue weighted by Crippen LogP contribution is 2.27. The van der Waals surface area contributed by atoms with Crippen LogP contribution in [-0.4, -0.2) is 41.7 Å². The molecule has 4 rings (SSSR count). The third-order valence-corrected chi connectivity index (χ3v) is 5.86. The van der Waals surface area contributed by atoms with Gasteiger partial charge in [-0.25, -0.2) is 9.59 Å². The van der Waals surface area contributed by atoms with Crippen molar-refractivity contribution in [3.05, 3.63) is 58.5 Å². The Morgan fingerprint density at radius 1 is 0.893 bits per heavy atom. The number of rotatable bonds is 4. The average molecular weight is 416 g/mol. The normalized spacial score (nSPS) is 10.4. The summed E-state index contributed by atoms with van der Waals surface area (Å²) in [5.74, 6) is -1.78. The van der Waals surface area contributed by atoms with Gasteiger partial charge in [-0.1, -0.05) is 0 Å². The fraction of sp³-hybridized carbons (Fsp3) is 0.111. The molecule has 0 radical (unpaired) electrons. The highest BCUT2D eigenvalue weighted by molar-refractivity contribution is 7.17. The maximum Gasteiger partial charge on any atom is 0.345 e. The van der Waals surface area contributed by atoms with Gasteiger partial charge in [0.2, 0.25) is 0 Å². The predicted molar refractivity (Wildman–Crippen MR) is 107 cm³/mol. The van der Waals surface area contributed by atoms with Gasteiger partial charge in [-0.3, -0.25) is 9.36 Å². The lowest BCUT2D eigenvalue weighted by Gasteiger charge is -1.95. The summed E-state index contributed by atoms with van der Waals surface area (Å²) < 4.78 is 3.41. The van der Waals surface area contributed by atoms with E-state index < -0.39 is 11.9 Å². The van der Waals surface area contributed by atoms with Crippen LogP contribution < -0.4 is 0 Å². The minimum absolute atomic E-state index is 0.339. The maximum atomic E-state index is 10.7. The number of aromatic nitrogens is 4. The summed E-state index contributed by atoms with van der Waals surface area (Å²) >= 11 is 2.48. The van der Waals surface area contributed by atoms with Crippen LogP contribution >= 0.6 is 22.7 Å². The number of hydrogen-bond acceptors (Lipinski definition) is 6. The Morgan fingerprint density at radius 3 is 1.96 bits per heavy atom. The zero-order chi connectivity index (χ0) is 20.3. The third-order valence-electron chi connectivity index (χ3n) is 3.67. The van der Waals surface area contributed by atoms with Crippen molar-refractivity contribution in [2.75, 3.05) is 0 Å². The lowest BCUT2D eigenvalue weighted by Crippen LogP contribution is -1.91. The largest absolute Gasteiger partial charge is 0.477 e. The molecule has 4 heterocycles. The second-order valence-electron chi connectivity index (χ2n) is 5.65. The lowest BCUT2D eigenvalue weighted by atomic mass is 10.3. The van der Waals surface area contributed by atoms with Gasteiger partial charge in [0.15, 0.2) is 0 Å². The molecule has 4 aromatic heterocycles. The molecule has 10 heteroatoms. The molecule has 0 saturated heterocycles. The van der Waals surface area contributed by atoms with E-state index in [1.165, 1.54) is 22.7 Å². The van der Waals surface area contributed by atoms with E-state index in [0.717, 1.165) is 21.1 Å². The number of carboxylic acids is 2. The highest BCUT2D eigenvalue weighted by atomic mass is 32.1. The molecule has 0 aliphatic heterocycles. The van der Waals surface area contributed by atoms with Gasteiger partial charge in [-0.15, -0.1) is 22.7 Å². The van der Waals surface area contributed by atoms with Crippen molar-refractivity contribution in [2.45, 2.75) is 0 Å². The van der Waals surface area contributed by atoms with Gasteiger partial charge in [-0.05, 0) is 36.4 Å². The van der Waals surface area contributed by atoms with Crippen molar-refractivity contribution < 1.29 is 19.8 Å². The number of nitrogens with zero attached hydrogens (tertiary/aromatic N) is 4. The van der Waals surface area contributed by atoms with Crippen LogP contribution in [0.4, 0.5) is 0 Å². The molecular weight excluding hydrogens is 400 g/mol. The van der Waals surface area contributed by atoms with E-state index in [1.54, 1.807) is 39.8 Å². The molecule has 2 N–H and O–H groups in total. The lowest BCUT2D eigenvalue weighted by molar-refractivity contribution is 0.0691. The highest BCUT2D eigenvalue weighted by Gasteiger charge is 2.10. The van der Waals surface area contributed by atoms with Crippen LogP contribution in [-0.2, 0) is 14.1 Å². The molecule has 0 saturated carbocycles. The molecule has 0 aliphatic rings. The Balaban J connectivity index is 0.000000161. The Morgan fingerprint density at radius 2 is 1.50 bits per heavy atom. The van der Waals surface area contributed by atoms with Crippen molar-refractivity contribution in [3.8, 4) is 21.1 Å². The zero-order valence-corrected chi connectivity index (χ0v) is 16.6. The Hall–Kier alpha value is -3.24. The molecular formula is C18H16N4O4S2. The first kappa shape index (κ1) is 19.5. The van der Waals surface area contributed by atoms with Gasteiger partial charge in [0, 0.05) is 26.5 Å². The first-order chi connectivity index (χ1) is 13.3. The summed E-state index contributed by atoms with van der Waals surface area (Å²) in [6.45, 7) is 0. The molecule has 0 fully saturated rings. The van der Waals surface area contributed by atoms with Gasteiger partial charge >= 0.3 is 11.9 Å². The number of aromatic carboxylic acids is 2. The summed E-state index contributed by atoms with van der Waals surface area (Å²) in [6, 6.07) is 10.5. The fourth-order valence-electron chi connectivity index (χ4n) is 2.34. The molecule has 28 heavy (non-hydrogen) atoms. The van der Waals surface area contributed by atoms with Crippen LogP contribution in [0.2, 0.25) is 0 Å². The number of carboxylic acid groups (broad SMARTS) is 2. The summed E-state index contributed by atoms with van der Waals surface area (Å²) in [7, 11) is 3.66. The van der Waals surface area contributed by atoms with Gasteiger partial charge in [-0.2, -0.15) is 10.2 Å². The molecule has 0 aliphatic carbocycles. The Labute approximate surface area is 167 Å². The van der Waals surface area contributed by atoms with E-state index in [4.69, 9.17) is 10.2 Å². The van der Waals surface area contributed by atoms with Crippen LogP contribution in [0.1, 0.15) is 19.3 Å². The van der Waals surface area contributed by atoms with E-state index in [1.807, 2.05) is 32.4 Å². The van der Waals surface area contributed by atoms with Gasteiger partial charge in [0.05, 0.1) is 15.4 Å². The number of aryl methyl sites for hydroxylation is 2. The first-order valence-corrected chi connectivity index (χ1v) is 9.63. The second kappa shape index (κ2) is 8.19. The molecule has 4 aromatic rings. The van der Waals surface area contributed by atoms with Crippen molar-refractivity contribution in [1.82, 2.24) is 19.6 Å². The fourth-order valence-corrected chi connectivity index (χ4v) is 4.05. The van der Waals surface area contributed by atoms with Crippen LogP contribution in [0.25, 0.3) is 21.1 Å². The molecule has 0 aromatic carbocycles. The molecule has 0 atom stereocenters. The van der Waals surface area contributed by atoms with Gasteiger partial charge < -0.3 is 10.2 Å². The second-order valence-corrected chi connectivity index (χ2v) is 7.82. The van der Waals surface area contributed by atoms with E-state index in [9.17, 15) is 9.59 Å². The molecule has 0 bridgehead atoms. The number of hydrogen-bond donors (Lipinski definition) is 2. The van der Waals surface area contributed by atoms with Crippen LogP contribution in [0, 0.1) is 0 Å². The summed E-state index contributed by atoms with van der Waals surface area (Å²) in [5.41, 5.74) is 1.74. The number of carbonyl (C=O) groups is 2. The predicted octanol–water partition coefficient (Wildman–Crippen LogP) is 3.69. The molecule has 144 valence electrons. The molecule has 8 nitrogen and oxygen atoms in total. The van der Waals surface area contributed by atoms with E-state index in [0.29, 0.717) is 9.75 Å². The van der Waals surface area contributed by atoms with Crippen molar-refractivity contribution in [2.24, 2.45) is 14.1 Å². The van der Waals surface area contributed by atoms with Crippen LogP contribution in [0.3, 0.4) is 0 Å². The average Bonchev–Trinajstić information content (AvgIpc) is 3.42. The number of thiophene rings is 2. The first-order valence-electron chi connectivity index (χ1n) is 8.00. The van der Waals surface area contributed by atoms with E-state index >= 15 is 0 Å². The smallest absolute Gasteiger partial charge is 0.345 e. The van der Waals surface area contributed by atoms with Gasteiger partial charge in [0.1, 0.15) is 15.4 Å². The monoisotopic (exact) mass is 416 g/mol. The van der Waals surface area contributed by atoms with Crippen LogP contribution in [0.5, 0.6) is 0 Å². The van der Waals surface area contributed by atoms with E-state index in [-0.39, 0.29) is 0 Å². The van der Waals surface area contributed by atoms with Crippen molar-refractivity contribution in [3.63, 3.8) is 0 Å². The molecule has 0 unspecified atom stereocenters. The quantitative estimate of drug-likeness (QED) is 0.525. The van der Waals surface area contributed by atoms with Gasteiger partial charge in [0.25, 0.3) is 0 Å². The van der Waals surface area contributed by atoms with Crippen LogP contribution in [0.15, 0.2) is 48.8 Å². The molecule has 0 amide bonds. The summed E-state index contributed by atoms with van der Waals surface area (Å²) in [6.07, 6.45) is 3.52. The van der Waals surface area contributed by atoms with Crippen molar-refractivity contribution >= 4 is 34.6 Å². The molecule has 0 spiro atoms. The topological polar surface area (TPSA) is 110 Å². The SMILES string of the molecule is Cn1ccc(-c2ccc(C(=O)O)s2)n1.Cn1nccc1-c1ccc(C(=O)O)s1. The standard InChI is InChI=1S/2C9H8N2O2S/c1-11-5-4-6(10-11)7-2-3-8(14-7)9(12)13;1-11-6(4-5-10-11)7-2-3-8(14-7)9(12)13/h2*2-5H,1H3,(H,12,13). The minimum atomic E-state index is -0.891. The van der Waals surface area contributed by atoms with Crippen molar-refractivity contribution in [1.29, 1.82) is 0 Å². The third kappa shape index (κ3) is 4.35. The Kier molecular flexibility index (Phi) is 5.71. The summed E-state index contributed by atoms with van der Waals surface area (Å²) in [5, 5.41) is 25.7.